The number of nitrogens with zero attached hydrogens (tertiary/aromatic N) is 4. The van der Waals surface area contributed by atoms with Gasteiger partial charge < -0.3 is 19.1 Å². The first kappa shape index (κ1) is 19.6. The van der Waals surface area contributed by atoms with Gasteiger partial charge in [0, 0.05) is 11.1 Å². The predicted octanol–water partition coefficient (Wildman–Crippen LogP) is -1.80. The normalized spacial score (nSPS) is 10.9. The van der Waals surface area contributed by atoms with E-state index in [-0.39, 0.29) is 52.6 Å². The molecule has 0 atom stereocenters. The molecule has 0 saturated heterocycles. The van der Waals surface area contributed by atoms with Crippen LogP contribution in [0.2, 0.25) is 0 Å². The third-order valence-electron chi connectivity index (χ3n) is 4.14. The molecular formula is C17H13N4NaO4S. The Bertz CT molecular complexity index is 1250. The van der Waals surface area contributed by atoms with Crippen molar-refractivity contribution < 1.29 is 39.1 Å². The molecule has 0 radical (unpaired) electrons. The number of ether oxygens (including phenoxy) is 1. The van der Waals surface area contributed by atoms with Gasteiger partial charge in [0.05, 0.1) is 17.3 Å². The summed E-state index contributed by atoms with van der Waals surface area (Å²) in [5.41, 5.74) is 0.617. The van der Waals surface area contributed by atoms with Crippen LogP contribution in [0.4, 0.5) is 0 Å². The van der Waals surface area contributed by atoms with E-state index in [9.17, 15) is 14.4 Å². The van der Waals surface area contributed by atoms with Gasteiger partial charge in [-0.1, -0.05) is 23.5 Å². The van der Waals surface area contributed by atoms with Crippen molar-refractivity contribution in [3.63, 3.8) is 0 Å². The summed E-state index contributed by atoms with van der Waals surface area (Å²) in [5, 5.41) is 4.98. The fourth-order valence-corrected chi connectivity index (χ4v) is 3.74. The summed E-state index contributed by atoms with van der Waals surface area (Å²) in [7, 11) is 1.24. The fourth-order valence-electron chi connectivity index (χ4n) is 2.83. The molecule has 0 N–H and O–H groups in total. The Balaban J connectivity index is 0.00000210. The smallest absolute Gasteiger partial charge is 0.585 e. The van der Waals surface area contributed by atoms with E-state index in [0.717, 1.165) is 10.2 Å². The molecule has 0 fully saturated rings. The van der Waals surface area contributed by atoms with Gasteiger partial charge >= 0.3 is 35.5 Å². The van der Waals surface area contributed by atoms with E-state index in [1.807, 2.05) is 24.3 Å². The molecule has 3 heterocycles. The van der Waals surface area contributed by atoms with E-state index in [1.54, 1.807) is 6.92 Å². The summed E-state index contributed by atoms with van der Waals surface area (Å²) < 4.78 is 7.95. The van der Waals surface area contributed by atoms with Gasteiger partial charge in [-0.05, 0) is 25.1 Å². The van der Waals surface area contributed by atoms with Crippen LogP contribution in [0.5, 0.6) is 0 Å². The Morgan fingerprint density at radius 3 is 2.74 bits per heavy atom. The minimum Gasteiger partial charge on any atom is -0.585 e. The SMILES string of the molecule is COC(=O)Cn1c(C)c2c(=O)n(-c3nc4ccccc4s3)[n-]c2cc1=O.[Na+]. The van der Waals surface area contributed by atoms with Crippen molar-refractivity contribution in [3.05, 3.63) is 56.7 Å². The molecule has 0 aliphatic heterocycles. The number of para-hydroxylation sites is 1. The van der Waals surface area contributed by atoms with Crippen molar-refractivity contribution in [3.8, 4) is 5.13 Å². The number of carbonyl (C=O) groups excluding carboxylic acids is 1. The molecule has 3 aromatic heterocycles. The second-order valence-corrected chi connectivity index (χ2v) is 6.68. The first-order valence-corrected chi connectivity index (χ1v) is 8.54. The number of carbonyl (C=O) groups is 1. The Kier molecular flexibility index (Phi) is 5.38. The summed E-state index contributed by atoms with van der Waals surface area (Å²) >= 11 is 1.34. The van der Waals surface area contributed by atoms with Crippen LogP contribution in [0.25, 0.3) is 26.3 Å². The van der Waals surface area contributed by atoms with Crippen LogP contribution in [-0.4, -0.2) is 27.3 Å². The minimum atomic E-state index is -0.569. The molecule has 0 saturated carbocycles. The van der Waals surface area contributed by atoms with Gasteiger partial charge in [0.15, 0.2) is 5.13 Å². The summed E-state index contributed by atoms with van der Waals surface area (Å²) in [4.78, 5) is 41.2. The van der Waals surface area contributed by atoms with E-state index >= 15 is 0 Å². The maximum atomic E-state index is 12.9. The number of esters is 1. The zero-order valence-electron chi connectivity index (χ0n) is 14.9. The molecule has 0 bridgehead atoms. The van der Waals surface area contributed by atoms with Crippen LogP contribution in [0.3, 0.4) is 0 Å². The zero-order chi connectivity index (χ0) is 18.4. The molecule has 27 heavy (non-hydrogen) atoms. The number of fused-ring (bicyclic) bond motifs is 2. The van der Waals surface area contributed by atoms with Gasteiger partial charge in [-0.15, -0.1) is 5.52 Å². The average Bonchev–Trinajstić information content (AvgIpc) is 3.19. The number of aromatic nitrogens is 4. The standard InChI is InChI=1S/C17H14N4O4S.Na/c1-9-15-11(7-13(22)20(9)8-14(23)25-2)19-21(16(15)24)17-18-10-5-3-4-6-12(10)26-17;/h3-7H,8H2,1-2H3,(H,19,22);/q;+1/p-1. The molecule has 0 amide bonds. The first-order valence-electron chi connectivity index (χ1n) is 7.72. The molecule has 4 aromatic rings. The summed E-state index contributed by atoms with van der Waals surface area (Å²) in [6.45, 7) is 1.35. The monoisotopic (exact) mass is 392 g/mol. The summed E-state index contributed by atoms with van der Waals surface area (Å²) in [6, 6.07) is 8.78. The Morgan fingerprint density at radius 1 is 1.30 bits per heavy atom. The molecule has 0 unspecified atom stereocenters. The maximum Gasteiger partial charge on any atom is 1.00 e. The number of pyridine rings is 1. The van der Waals surface area contributed by atoms with Crippen LogP contribution < -0.4 is 45.8 Å². The molecule has 10 heteroatoms. The second kappa shape index (κ2) is 7.43. The first-order chi connectivity index (χ1) is 12.5. The number of thiazole rings is 1. The van der Waals surface area contributed by atoms with Gasteiger partial charge in [0.2, 0.25) is 11.1 Å². The summed E-state index contributed by atoms with van der Waals surface area (Å²) in [5.74, 6) is -0.569. The molecule has 132 valence electrons. The zero-order valence-corrected chi connectivity index (χ0v) is 17.7. The Labute approximate surface area is 178 Å². The van der Waals surface area contributed by atoms with Crippen molar-refractivity contribution in [2.45, 2.75) is 13.5 Å². The largest absolute Gasteiger partial charge is 1.00 e. The van der Waals surface area contributed by atoms with E-state index in [1.165, 1.54) is 33.8 Å². The van der Waals surface area contributed by atoms with Gasteiger partial charge in [0.1, 0.15) is 6.54 Å². The molecule has 8 nitrogen and oxygen atoms in total. The van der Waals surface area contributed by atoms with E-state index < -0.39 is 11.5 Å². The molecular weight excluding hydrogens is 379 g/mol. The number of hydrogen-bond acceptors (Lipinski definition) is 6. The maximum absolute atomic E-state index is 12.9. The van der Waals surface area contributed by atoms with E-state index in [0.29, 0.717) is 10.8 Å². The number of benzene rings is 1. The van der Waals surface area contributed by atoms with Gasteiger partial charge in [-0.25, -0.2) is 4.98 Å². The van der Waals surface area contributed by atoms with Crippen LogP contribution in [-0.2, 0) is 16.1 Å². The van der Waals surface area contributed by atoms with Crippen LogP contribution >= 0.6 is 11.3 Å². The second-order valence-electron chi connectivity index (χ2n) is 5.67. The van der Waals surface area contributed by atoms with Gasteiger partial charge in [-0.3, -0.25) is 14.4 Å². The predicted molar refractivity (Wildman–Crippen MR) is 97.1 cm³/mol. The van der Waals surface area contributed by atoms with E-state index in [4.69, 9.17) is 0 Å². The Hall–Kier alpha value is -2.20. The number of aryl methyl sites for hydroxylation is 1. The van der Waals surface area contributed by atoms with E-state index in [2.05, 4.69) is 14.8 Å². The van der Waals surface area contributed by atoms with Crippen molar-refractivity contribution in [2.24, 2.45) is 0 Å². The molecule has 0 aliphatic carbocycles. The quantitative estimate of drug-likeness (QED) is 0.302. The number of rotatable bonds is 3. The Morgan fingerprint density at radius 2 is 2.04 bits per heavy atom. The number of methoxy groups -OCH3 is 1. The van der Waals surface area contributed by atoms with Crippen molar-refractivity contribution in [1.82, 2.24) is 19.3 Å². The van der Waals surface area contributed by atoms with Gasteiger partial charge in [0.25, 0.3) is 0 Å². The third kappa shape index (κ3) is 3.27. The van der Waals surface area contributed by atoms with Crippen LogP contribution in [0.15, 0.2) is 39.9 Å². The topological polar surface area (TPSA) is 97.3 Å². The molecule has 0 aliphatic rings. The minimum absolute atomic E-state index is 0. The van der Waals surface area contributed by atoms with Crippen LogP contribution in [0.1, 0.15) is 5.69 Å². The molecule has 4 rings (SSSR count). The van der Waals surface area contributed by atoms with Crippen molar-refractivity contribution in [2.75, 3.05) is 7.11 Å². The third-order valence-corrected chi connectivity index (χ3v) is 5.15. The number of hydrogen-bond donors (Lipinski definition) is 0. The van der Waals surface area contributed by atoms with Crippen molar-refractivity contribution in [1.29, 1.82) is 0 Å². The molecule has 0 spiro atoms. The van der Waals surface area contributed by atoms with Gasteiger partial charge in [-0.2, -0.15) is 0 Å². The van der Waals surface area contributed by atoms with Crippen LogP contribution in [0, 0.1) is 6.92 Å². The van der Waals surface area contributed by atoms with Crippen molar-refractivity contribution >= 4 is 38.4 Å². The fraction of sp³-hybridized carbons (Fsp3) is 0.176. The molecule has 1 aromatic carbocycles. The average molecular weight is 392 g/mol. The summed E-state index contributed by atoms with van der Waals surface area (Å²) in [6.07, 6.45) is 0.